The number of pyridine rings is 1. The molecule has 2 aromatic rings. The van der Waals surface area contributed by atoms with Crippen molar-refractivity contribution in [2.45, 2.75) is 26.9 Å². The molecule has 0 amide bonds. The van der Waals surface area contributed by atoms with Crippen LogP contribution in [0.2, 0.25) is 0 Å². The number of hydrogen-bond acceptors (Lipinski definition) is 3. The second kappa shape index (κ2) is 5.59. The highest BCUT2D eigenvalue weighted by molar-refractivity contribution is 5.11. The predicted molar refractivity (Wildman–Crippen MR) is 67.7 cm³/mol. The molecule has 0 aromatic carbocycles. The minimum absolute atomic E-state index is 0.779. The Bertz CT molecular complexity index is 476. The third-order valence-corrected chi connectivity index (χ3v) is 2.53. The first-order chi connectivity index (χ1) is 8.28. The lowest BCUT2D eigenvalue weighted by Crippen LogP contribution is -2.11. The largest absolute Gasteiger partial charge is 0.331 e. The van der Waals surface area contributed by atoms with Crippen molar-refractivity contribution in [2.75, 3.05) is 6.54 Å². The fraction of sp³-hybridized carbons (Fsp3) is 0.385. The molecule has 4 heteroatoms. The number of nitrogens with one attached hydrogen (secondary N) is 1. The molecule has 0 fully saturated rings. The zero-order chi connectivity index (χ0) is 12.1. The van der Waals surface area contributed by atoms with Crippen molar-refractivity contribution in [1.29, 1.82) is 0 Å². The molecule has 0 radical (unpaired) electrons. The maximum absolute atomic E-state index is 4.48. The van der Waals surface area contributed by atoms with Crippen LogP contribution in [0.3, 0.4) is 0 Å². The van der Waals surface area contributed by atoms with Gasteiger partial charge in [-0.2, -0.15) is 0 Å². The molecule has 0 spiro atoms. The van der Waals surface area contributed by atoms with Crippen molar-refractivity contribution >= 4 is 0 Å². The average Bonchev–Trinajstić information content (AvgIpc) is 2.74. The Morgan fingerprint density at radius 3 is 2.94 bits per heavy atom. The van der Waals surface area contributed by atoms with Gasteiger partial charge in [0.25, 0.3) is 0 Å². The van der Waals surface area contributed by atoms with Gasteiger partial charge >= 0.3 is 0 Å². The fourth-order valence-corrected chi connectivity index (χ4v) is 1.71. The van der Waals surface area contributed by atoms with E-state index in [4.69, 9.17) is 0 Å². The summed E-state index contributed by atoms with van der Waals surface area (Å²) in [7, 11) is 0. The molecule has 0 saturated heterocycles. The van der Waals surface area contributed by atoms with E-state index in [9.17, 15) is 0 Å². The van der Waals surface area contributed by atoms with Crippen LogP contribution < -0.4 is 5.32 Å². The van der Waals surface area contributed by atoms with Gasteiger partial charge in [-0.1, -0.05) is 13.0 Å². The van der Waals surface area contributed by atoms with Crippen molar-refractivity contribution in [2.24, 2.45) is 0 Å². The van der Waals surface area contributed by atoms with Gasteiger partial charge < -0.3 is 9.88 Å². The summed E-state index contributed by atoms with van der Waals surface area (Å²) in [6, 6.07) is 6.08. The van der Waals surface area contributed by atoms with Gasteiger partial charge in [-0.25, -0.2) is 4.98 Å². The van der Waals surface area contributed by atoms with E-state index in [2.05, 4.69) is 33.0 Å². The van der Waals surface area contributed by atoms with Crippen LogP contribution in [0.25, 0.3) is 0 Å². The average molecular weight is 230 g/mol. The molecule has 0 aliphatic rings. The van der Waals surface area contributed by atoms with Gasteiger partial charge in [0.2, 0.25) is 0 Å². The van der Waals surface area contributed by atoms with Gasteiger partial charge in [0.1, 0.15) is 0 Å². The Balaban J connectivity index is 2.01. The monoisotopic (exact) mass is 230 g/mol. The van der Waals surface area contributed by atoms with Crippen LogP contribution >= 0.6 is 0 Å². The third-order valence-electron chi connectivity index (χ3n) is 2.53. The number of rotatable bonds is 5. The summed E-state index contributed by atoms with van der Waals surface area (Å²) in [6.45, 7) is 6.67. The number of hydrogen-bond donors (Lipinski definition) is 1. The molecule has 90 valence electrons. The van der Waals surface area contributed by atoms with E-state index < -0.39 is 0 Å². The highest BCUT2D eigenvalue weighted by Gasteiger charge is 2.00. The normalized spacial score (nSPS) is 10.7. The smallest absolute Gasteiger partial charge is 0.0953 e. The summed E-state index contributed by atoms with van der Waals surface area (Å²) in [6.07, 6.45) is 3.92. The van der Waals surface area contributed by atoms with E-state index in [-0.39, 0.29) is 0 Å². The standard InChI is InChI=1S/C13H18N4/c1-3-14-7-13-9-17(10-15-13)8-12-6-4-5-11(2)16-12/h4-6,9-10,14H,3,7-8H2,1-2H3. The minimum atomic E-state index is 0.779. The van der Waals surface area contributed by atoms with Gasteiger partial charge in [-0.05, 0) is 25.6 Å². The van der Waals surface area contributed by atoms with Crippen LogP contribution in [0.15, 0.2) is 30.7 Å². The molecule has 0 atom stereocenters. The van der Waals surface area contributed by atoms with Crippen molar-refractivity contribution in [3.63, 3.8) is 0 Å². The quantitative estimate of drug-likeness (QED) is 0.851. The highest BCUT2D eigenvalue weighted by atomic mass is 15.1. The molecular formula is C13H18N4. The summed E-state index contributed by atoms with van der Waals surface area (Å²) in [4.78, 5) is 8.82. The summed E-state index contributed by atoms with van der Waals surface area (Å²) in [5.41, 5.74) is 3.19. The molecule has 2 aromatic heterocycles. The van der Waals surface area contributed by atoms with Crippen LogP contribution in [0, 0.1) is 6.92 Å². The Kier molecular flexibility index (Phi) is 3.88. The number of nitrogens with zero attached hydrogens (tertiary/aromatic N) is 3. The second-order valence-electron chi connectivity index (χ2n) is 4.09. The molecule has 0 aliphatic carbocycles. The molecule has 0 aliphatic heterocycles. The molecule has 0 unspecified atom stereocenters. The van der Waals surface area contributed by atoms with Gasteiger partial charge in [0.05, 0.1) is 24.3 Å². The molecule has 0 saturated carbocycles. The van der Waals surface area contributed by atoms with Crippen LogP contribution in [0.4, 0.5) is 0 Å². The zero-order valence-electron chi connectivity index (χ0n) is 10.3. The SMILES string of the molecule is CCNCc1cn(Cc2cccc(C)n2)cn1. The lowest BCUT2D eigenvalue weighted by molar-refractivity contribution is 0.711. The van der Waals surface area contributed by atoms with E-state index in [1.165, 1.54) is 0 Å². The topological polar surface area (TPSA) is 42.7 Å². The van der Waals surface area contributed by atoms with Gasteiger partial charge in [-0.15, -0.1) is 0 Å². The lowest BCUT2D eigenvalue weighted by Gasteiger charge is -2.02. The molecular weight excluding hydrogens is 212 g/mol. The summed E-state index contributed by atoms with van der Waals surface area (Å²) < 4.78 is 2.06. The fourth-order valence-electron chi connectivity index (χ4n) is 1.71. The first-order valence-corrected chi connectivity index (χ1v) is 5.92. The molecule has 4 nitrogen and oxygen atoms in total. The number of aryl methyl sites for hydroxylation is 1. The van der Waals surface area contributed by atoms with Crippen molar-refractivity contribution in [3.05, 3.63) is 47.8 Å². The van der Waals surface area contributed by atoms with Crippen LogP contribution in [0.1, 0.15) is 24.0 Å². The van der Waals surface area contributed by atoms with Crippen LogP contribution in [0.5, 0.6) is 0 Å². The van der Waals surface area contributed by atoms with E-state index in [1.54, 1.807) is 0 Å². The number of imidazole rings is 1. The van der Waals surface area contributed by atoms with E-state index in [0.717, 1.165) is 36.7 Å². The van der Waals surface area contributed by atoms with Crippen LogP contribution in [-0.2, 0) is 13.1 Å². The first-order valence-electron chi connectivity index (χ1n) is 5.92. The van der Waals surface area contributed by atoms with E-state index in [0.29, 0.717) is 0 Å². The Hall–Kier alpha value is -1.68. The molecule has 1 N–H and O–H groups in total. The minimum Gasteiger partial charge on any atom is -0.331 e. The third kappa shape index (κ3) is 3.39. The first kappa shape index (κ1) is 11.8. The summed E-state index contributed by atoms with van der Waals surface area (Å²) >= 11 is 0. The second-order valence-corrected chi connectivity index (χ2v) is 4.09. The Morgan fingerprint density at radius 1 is 1.29 bits per heavy atom. The maximum Gasteiger partial charge on any atom is 0.0953 e. The van der Waals surface area contributed by atoms with E-state index in [1.807, 2.05) is 31.5 Å². The van der Waals surface area contributed by atoms with Crippen LogP contribution in [-0.4, -0.2) is 21.1 Å². The highest BCUT2D eigenvalue weighted by Crippen LogP contribution is 2.03. The molecule has 17 heavy (non-hydrogen) atoms. The van der Waals surface area contributed by atoms with Crippen molar-refractivity contribution in [3.8, 4) is 0 Å². The zero-order valence-corrected chi connectivity index (χ0v) is 10.3. The van der Waals surface area contributed by atoms with Gasteiger partial charge in [0, 0.05) is 18.4 Å². The number of aromatic nitrogens is 3. The predicted octanol–water partition coefficient (Wildman–Crippen LogP) is 1.74. The van der Waals surface area contributed by atoms with Gasteiger partial charge in [0.15, 0.2) is 0 Å². The summed E-state index contributed by atoms with van der Waals surface area (Å²) in [5, 5.41) is 3.26. The molecule has 2 rings (SSSR count). The van der Waals surface area contributed by atoms with Gasteiger partial charge in [-0.3, -0.25) is 4.98 Å². The van der Waals surface area contributed by atoms with Crippen molar-refractivity contribution < 1.29 is 0 Å². The van der Waals surface area contributed by atoms with Crippen molar-refractivity contribution in [1.82, 2.24) is 19.9 Å². The Labute approximate surface area is 102 Å². The maximum atomic E-state index is 4.48. The summed E-state index contributed by atoms with van der Waals surface area (Å²) in [5.74, 6) is 0. The lowest BCUT2D eigenvalue weighted by atomic mass is 10.3. The molecule has 2 heterocycles. The van der Waals surface area contributed by atoms with E-state index >= 15 is 0 Å². The Morgan fingerprint density at radius 2 is 2.18 bits per heavy atom. The molecule has 0 bridgehead atoms.